The number of nitrogens with one attached hydrogen (secondary N) is 1. The average Bonchev–Trinajstić information content (AvgIpc) is 2.70. The molecular weight excluding hydrogens is 248 g/mol. The van der Waals surface area contributed by atoms with E-state index in [2.05, 4.69) is 5.32 Å². The molecule has 18 heavy (non-hydrogen) atoms. The topological polar surface area (TPSA) is 32.3 Å². The van der Waals surface area contributed by atoms with Gasteiger partial charge in [0.2, 0.25) is 5.91 Å². The number of hydrogen-bond donors (Lipinski definition) is 1. The van der Waals surface area contributed by atoms with Gasteiger partial charge < -0.3 is 10.2 Å². The molecule has 0 aliphatic carbocycles. The number of carbonyl (C=O) groups excluding carboxylic acids is 1. The number of rotatable bonds is 1. The SMILES string of the molecule is O=C1N(c2ccc(Cl)cc2)CCC12CCNCC2. The Bertz CT molecular complexity index is 451. The third kappa shape index (κ3) is 1.91. The Morgan fingerprint density at radius 3 is 2.44 bits per heavy atom. The zero-order valence-electron chi connectivity index (χ0n) is 10.3. The van der Waals surface area contributed by atoms with E-state index in [0.29, 0.717) is 10.9 Å². The van der Waals surface area contributed by atoms with Gasteiger partial charge in [-0.25, -0.2) is 0 Å². The van der Waals surface area contributed by atoms with Crippen molar-refractivity contribution in [3.05, 3.63) is 29.3 Å². The van der Waals surface area contributed by atoms with Gasteiger partial charge in [0, 0.05) is 17.3 Å². The predicted molar refractivity (Wildman–Crippen MR) is 73.0 cm³/mol. The third-order valence-corrected chi connectivity index (χ3v) is 4.46. The predicted octanol–water partition coefficient (Wildman–Crippen LogP) is 2.45. The van der Waals surface area contributed by atoms with Crippen molar-refractivity contribution in [3.8, 4) is 0 Å². The van der Waals surface area contributed by atoms with Crippen molar-refractivity contribution in [3.63, 3.8) is 0 Å². The summed E-state index contributed by atoms with van der Waals surface area (Å²) >= 11 is 5.89. The van der Waals surface area contributed by atoms with Gasteiger partial charge in [-0.1, -0.05) is 11.6 Å². The summed E-state index contributed by atoms with van der Waals surface area (Å²) in [6, 6.07) is 7.55. The van der Waals surface area contributed by atoms with Crippen LogP contribution in [0.15, 0.2) is 24.3 Å². The van der Waals surface area contributed by atoms with E-state index in [9.17, 15) is 4.79 Å². The second-order valence-electron chi connectivity index (χ2n) is 5.21. The highest BCUT2D eigenvalue weighted by atomic mass is 35.5. The van der Waals surface area contributed by atoms with Crippen molar-refractivity contribution < 1.29 is 4.79 Å². The van der Waals surface area contributed by atoms with E-state index >= 15 is 0 Å². The molecule has 2 fully saturated rings. The lowest BCUT2D eigenvalue weighted by Gasteiger charge is -2.32. The second-order valence-corrected chi connectivity index (χ2v) is 5.65. The van der Waals surface area contributed by atoms with Crippen LogP contribution in [0.5, 0.6) is 0 Å². The molecule has 0 aromatic heterocycles. The zero-order valence-corrected chi connectivity index (χ0v) is 11.0. The molecule has 2 aliphatic rings. The molecule has 4 heteroatoms. The van der Waals surface area contributed by atoms with E-state index in [1.807, 2.05) is 29.2 Å². The molecule has 0 saturated carbocycles. The molecule has 2 saturated heterocycles. The first-order valence-corrected chi connectivity index (χ1v) is 6.87. The van der Waals surface area contributed by atoms with Crippen molar-refractivity contribution in [2.75, 3.05) is 24.5 Å². The van der Waals surface area contributed by atoms with Crippen LogP contribution in [0.3, 0.4) is 0 Å². The van der Waals surface area contributed by atoms with Crippen molar-refractivity contribution in [1.29, 1.82) is 0 Å². The molecule has 2 aliphatic heterocycles. The highest BCUT2D eigenvalue weighted by Gasteiger charge is 2.47. The van der Waals surface area contributed by atoms with E-state index in [0.717, 1.165) is 44.6 Å². The maximum Gasteiger partial charge on any atom is 0.233 e. The van der Waals surface area contributed by atoms with Crippen LogP contribution in [-0.2, 0) is 4.79 Å². The lowest BCUT2D eigenvalue weighted by atomic mass is 9.78. The summed E-state index contributed by atoms with van der Waals surface area (Å²) < 4.78 is 0. The van der Waals surface area contributed by atoms with Gasteiger partial charge in [0.1, 0.15) is 0 Å². The Morgan fingerprint density at radius 1 is 1.11 bits per heavy atom. The zero-order chi connectivity index (χ0) is 12.6. The standard InChI is InChI=1S/C14H17ClN2O/c15-11-1-3-12(4-2-11)17-10-7-14(13(17)18)5-8-16-9-6-14/h1-4,16H,5-10H2. The number of halogens is 1. The second kappa shape index (κ2) is 4.56. The Hall–Kier alpha value is -1.06. The van der Waals surface area contributed by atoms with Crippen LogP contribution < -0.4 is 10.2 Å². The monoisotopic (exact) mass is 264 g/mol. The Balaban J connectivity index is 1.83. The lowest BCUT2D eigenvalue weighted by molar-refractivity contribution is -0.126. The van der Waals surface area contributed by atoms with Crippen molar-refractivity contribution in [2.45, 2.75) is 19.3 Å². The number of hydrogen-bond acceptors (Lipinski definition) is 2. The van der Waals surface area contributed by atoms with Crippen molar-refractivity contribution in [2.24, 2.45) is 5.41 Å². The number of carbonyl (C=O) groups is 1. The first-order chi connectivity index (χ1) is 8.71. The Kier molecular flexibility index (Phi) is 3.04. The number of amides is 1. The molecule has 1 N–H and O–H groups in total. The van der Waals surface area contributed by atoms with Crippen LogP contribution in [-0.4, -0.2) is 25.5 Å². The smallest absolute Gasteiger partial charge is 0.233 e. The molecule has 1 amide bonds. The molecule has 0 atom stereocenters. The van der Waals surface area contributed by atoms with Gasteiger partial charge in [-0.2, -0.15) is 0 Å². The third-order valence-electron chi connectivity index (χ3n) is 4.21. The summed E-state index contributed by atoms with van der Waals surface area (Å²) in [5, 5.41) is 4.04. The van der Waals surface area contributed by atoms with E-state index < -0.39 is 0 Å². The van der Waals surface area contributed by atoms with Crippen molar-refractivity contribution in [1.82, 2.24) is 5.32 Å². The largest absolute Gasteiger partial charge is 0.317 e. The van der Waals surface area contributed by atoms with Crippen LogP contribution in [0, 0.1) is 5.41 Å². The van der Waals surface area contributed by atoms with Gasteiger partial charge in [0.25, 0.3) is 0 Å². The highest BCUT2D eigenvalue weighted by molar-refractivity contribution is 6.30. The van der Waals surface area contributed by atoms with E-state index in [1.165, 1.54) is 0 Å². The van der Waals surface area contributed by atoms with Gasteiger partial charge in [0.05, 0.1) is 5.41 Å². The summed E-state index contributed by atoms with van der Waals surface area (Å²) in [6.07, 6.45) is 2.92. The quantitative estimate of drug-likeness (QED) is 0.845. The van der Waals surface area contributed by atoms with Gasteiger partial charge in [-0.3, -0.25) is 4.79 Å². The fraction of sp³-hybridized carbons (Fsp3) is 0.500. The van der Waals surface area contributed by atoms with E-state index in [1.54, 1.807) is 0 Å². The van der Waals surface area contributed by atoms with Crippen LogP contribution in [0.1, 0.15) is 19.3 Å². The summed E-state index contributed by atoms with van der Waals surface area (Å²) in [5.41, 5.74) is 0.866. The molecule has 3 nitrogen and oxygen atoms in total. The molecule has 0 unspecified atom stereocenters. The molecular formula is C14H17ClN2O. The average molecular weight is 265 g/mol. The fourth-order valence-corrected chi connectivity index (χ4v) is 3.18. The summed E-state index contributed by atoms with van der Waals surface area (Å²) in [4.78, 5) is 14.6. The number of anilines is 1. The molecule has 1 aromatic rings. The van der Waals surface area contributed by atoms with Crippen molar-refractivity contribution >= 4 is 23.2 Å². The molecule has 0 radical (unpaired) electrons. The highest BCUT2D eigenvalue weighted by Crippen LogP contribution is 2.41. The molecule has 0 bridgehead atoms. The maximum absolute atomic E-state index is 12.6. The summed E-state index contributed by atoms with van der Waals surface area (Å²) in [5.74, 6) is 0.298. The molecule has 96 valence electrons. The Labute approximate surface area is 112 Å². The minimum Gasteiger partial charge on any atom is -0.317 e. The fourth-order valence-electron chi connectivity index (χ4n) is 3.06. The van der Waals surface area contributed by atoms with Crippen LogP contribution in [0.2, 0.25) is 5.02 Å². The normalized spacial score (nSPS) is 22.7. The maximum atomic E-state index is 12.6. The first-order valence-electron chi connectivity index (χ1n) is 6.50. The lowest BCUT2D eigenvalue weighted by Crippen LogP contribution is -2.42. The van der Waals surface area contributed by atoms with Crippen LogP contribution in [0.4, 0.5) is 5.69 Å². The first kappa shape index (κ1) is 12.0. The molecule has 2 heterocycles. The molecule has 1 aromatic carbocycles. The number of nitrogens with zero attached hydrogens (tertiary/aromatic N) is 1. The van der Waals surface area contributed by atoms with Gasteiger partial charge in [-0.05, 0) is 56.6 Å². The Morgan fingerprint density at radius 2 is 1.78 bits per heavy atom. The molecule has 1 spiro atoms. The van der Waals surface area contributed by atoms with E-state index in [-0.39, 0.29) is 5.41 Å². The van der Waals surface area contributed by atoms with Gasteiger partial charge in [0.15, 0.2) is 0 Å². The minimum atomic E-state index is -0.106. The van der Waals surface area contributed by atoms with Crippen LogP contribution >= 0.6 is 11.6 Å². The number of benzene rings is 1. The van der Waals surface area contributed by atoms with Gasteiger partial charge in [-0.15, -0.1) is 0 Å². The summed E-state index contributed by atoms with van der Waals surface area (Å²) in [7, 11) is 0. The van der Waals surface area contributed by atoms with Crippen LogP contribution in [0.25, 0.3) is 0 Å². The minimum absolute atomic E-state index is 0.106. The number of piperidine rings is 1. The van der Waals surface area contributed by atoms with E-state index in [4.69, 9.17) is 11.6 Å². The molecule has 3 rings (SSSR count). The van der Waals surface area contributed by atoms with Gasteiger partial charge >= 0.3 is 0 Å². The summed E-state index contributed by atoms with van der Waals surface area (Å²) in [6.45, 7) is 2.75.